The summed E-state index contributed by atoms with van der Waals surface area (Å²) in [5.41, 5.74) is 6.62. The zero-order valence-electron chi connectivity index (χ0n) is 11.5. The van der Waals surface area contributed by atoms with Gasteiger partial charge in [-0.15, -0.1) is 0 Å². The van der Waals surface area contributed by atoms with Gasteiger partial charge >= 0.3 is 0 Å². The highest BCUT2D eigenvalue weighted by molar-refractivity contribution is 5.84. The van der Waals surface area contributed by atoms with Crippen molar-refractivity contribution in [3.05, 3.63) is 42.0 Å². The van der Waals surface area contributed by atoms with E-state index in [2.05, 4.69) is 0 Å². The SMILES string of the molecule is CCC(CN)C(O)c1ccc2cc(OC)ccc2c1. The van der Waals surface area contributed by atoms with Gasteiger partial charge in [0.1, 0.15) is 5.75 Å². The van der Waals surface area contributed by atoms with E-state index in [1.54, 1.807) is 7.11 Å². The molecule has 2 aromatic rings. The van der Waals surface area contributed by atoms with Gasteiger partial charge in [0.25, 0.3) is 0 Å². The van der Waals surface area contributed by atoms with E-state index >= 15 is 0 Å². The fraction of sp³-hybridized carbons (Fsp3) is 0.375. The van der Waals surface area contributed by atoms with Crippen LogP contribution in [0.3, 0.4) is 0 Å². The van der Waals surface area contributed by atoms with Crippen LogP contribution in [0.25, 0.3) is 10.8 Å². The number of methoxy groups -OCH3 is 1. The Morgan fingerprint density at radius 1 is 1.16 bits per heavy atom. The third kappa shape index (κ3) is 2.88. The molecule has 2 aromatic carbocycles. The Bertz CT molecular complexity index is 549. The Morgan fingerprint density at radius 2 is 1.84 bits per heavy atom. The Balaban J connectivity index is 2.36. The van der Waals surface area contributed by atoms with Gasteiger partial charge in [0.05, 0.1) is 13.2 Å². The van der Waals surface area contributed by atoms with Crippen LogP contribution in [0.1, 0.15) is 25.0 Å². The van der Waals surface area contributed by atoms with E-state index in [-0.39, 0.29) is 5.92 Å². The second-order valence-corrected chi connectivity index (χ2v) is 4.82. The number of aliphatic hydroxyl groups is 1. The lowest BCUT2D eigenvalue weighted by Crippen LogP contribution is -2.21. The van der Waals surface area contributed by atoms with E-state index in [9.17, 15) is 5.11 Å². The lowest BCUT2D eigenvalue weighted by atomic mass is 9.92. The van der Waals surface area contributed by atoms with Crippen LogP contribution >= 0.6 is 0 Å². The lowest BCUT2D eigenvalue weighted by molar-refractivity contribution is 0.110. The van der Waals surface area contributed by atoms with Gasteiger partial charge in [-0.3, -0.25) is 0 Å². The lowest BCUT2D eigenvalue weighted by Gasteiger charge is -2.20. The van der Waals surface area contributed by atoms with Crippen molar-refractivity contribution in [2.24, 2.45) is 11.7 Å². The molecule has 2 rings (SSSR count). The van der Waals surface area contributed by atoms with Gasteiger partial charge in [-0.2, -0.15) is 0 Å². The number of aliphatic hydroxyl groups excluding tert-OH is 1. The van der Waals surface area contributed by atoms with E-state index in [0.717, 1.165) is 28.5 Å². The summed E-state index contributed by atoms with van der Waals surface area (Å²) in [5.74, 6) is 0.949. The number of fused-ring (bicyclic) bond motifs is 1. The second kappa shape index (κ2) is 6.04. The average molecular weight is 259 g/mol. The minimum absolute atomic E-state index is 0.107. The van der Waals surface area contributed by atoms with Crippen molar-refractivity contribution < 1.29 is 9.84 Å². The molecule has 0 bridgehead atoms. The summed E-state index contributed by atoms with van der Waals surface area (Å²) in [5, 5.41) is 12.5. The predicted octanol–water partition coefficient (Wildman–Crippen LogP) is 2.87. The predicted molar refractivity (Wildman–Crippen MR) is 78.3 cm³/mol. The van der Waals surface area contributed by atoms with Gasteiger partial charge in [0, 0.05) is 5.92 Å². The molecule has 0 heterocycles. The third-order valence-corrected chi connectivity index (χ3v) is 3.69. The van der Waals surface area contributed by atoms with Gasteiger partial charge in [-0.1, -0.05) is 25.1 Å². The van der Waals surface area contributed by atoms with Crippen LogP contribution in [0.5, 0.6) is 5.75 Å². The summed E-state index contributed by atoms with van der Waals surface area (Å²) in [7, 11) is 1.66. The summed E-state index contributed by atoms with van der Waals surface area (Å²) in [6, 6.07) is 11.9. The molecule has 0 saturated heterocycles. The highest BCUT2D eigenvalue weighted by atomic mass is 16.5. The van der Waals surface area contributed by atoms with Crippen LogP contribution in [0, 0.1) is 5.92 Å². The number of nitrogens with two attached hydrogens (primary N) is 1. The Morgan fingerprint density at radius 3 is 2.47 bits per heavy atom. The zero-order chi connectivity index (χ0) is 13.8. The molecular weight excluding hydrogens is 238 g/mol. The summed E-state index contributed by atoms with van der Waals surface area (Å²) in [6.07, 6.45) is 0.375. The molecule has 0 fully saturated rings. The van der Waals surface area contributed by atoms with Gasteiger partial charge in [0.15, 0.2) is 0 Å². The van der Waals surface area contributed by atoms with E-state index in [1.165, 1.54) is 0 Å². The molecule has 0 amide bonds. The fourth-order valence-corrected chi connectivity index (χ4v) is 2.34. The molecule has 19 heavy (non-hydrogen) atoms. The monoisotopic (exact) mass is 259 g/mol. The topological polar surface area (TPSA) is 55.5 Å². The minimum atomic E-state index is -0.499. The highest BCUT2D eigenvalue weighted by Gasteiger charge is 2.17. The highest BCUT2D eigenvalue weighted by Crippen LogP contribution is 2.28. The summed E-state index contributed by atoms with van der Waals surface area (Å²) in [4.78, 5) is 0. The third-order valence-electron chi connectivity index (χ3n) is 3.69. The molecule has 2 atom stereocenters. The number of ether oxygens (including phenoxy) is 1. The molecule has 0 aliphatic carbocycles. The number of rotatable bonds is 5. The number of hydrogen-bond acceptors (Lipinski definition) is 3. The van der Waals surface area contributed by atoms with Crippen molar-refractivity contribution >= 4 is 10.8 Å². The molecule has 0 aromatic heterocycles. The zero-order valence-corrected chi connectivity index (χ0v) is 11.5. The molecular formula is C16H21NO2. The molecule has 0 aliphatic heterocycles. The quantitative estimate of drug-likeness (QED) is 0.868. The van der Waals surface area contributed by atoms with Gasteiger partial charge in [-0.05, 0) is 47.5 Å². The van der Waals surface area contributed by atoms with E-state index in [0.29, 0.717) is 6.54 Å². The molecule has 0 saturated carbocycles. The normalized spacial score (nSPS) is 14.3. The largest absolute Gasteiger partial charge is 0.497 e. The molecule has 3 N–H and O–H groups in total. The summed E-state index contributed by atoms with van der Waals surface area (Å²) in [6.45, 7) is 2.55. The molecule has 2 unspecified atom stereocenters. The van der Waals surface area contributed by atoms with Crippen molar-refractivity contribution in [2.75, 3.05) is 13.7 Å². The van der Waals surface area contributed by atoms with Crippen LogP contribution in [0.2, 0.25) is 0 Å². The number of hydrogen-bond donors (Lipinski definition) is 2. The van der Waals surface area contributed by atoms with E-state index in [4.69, 9.17) is 10.5 Å². The average Bonchev–Trinajstić information content (AvgIpc) is 2.47. The maximum absolute atomic E-state index is 10.3. The van der Waals surface area contributed by atoms with Crippen LogP contribution in [0.15, 0.2) is 36.4 Å². The Labute approximate surface area is 114 Å². The second-order valence-electron chi connectivity index (χ2n) is 4.82. The smallest absolute Gasteiger partial charge is 0.119 e. The Hall–Kier alpha value is -1.58. The first-order valence-corrected chi connectivity index (χ1v) is 6.65. The first-order chi connectivity index (χ1) is 9.19. The first-order valence-electron chi connectivity index (χ1n) is 6.65. The van der Waals surface area contributed by atoms with E-state index in [1.807, 2.05) is 43.3 Å². The Kier molecular flexibility index (Phi) is 4.40. The van der Waals surface area contributed by atoms with Crippen LogP contribution in [-0.2, 0) is 0 Å². The fourth-order valence-electron chi connectivity index (χ4n) is 2.34. The van der Waals surface area contributed by atoms with Gasteiger partial charge in [0.2, 0.25) is 0 Å². The van der Waals surface area contributed by atoms with Crippen LogP contribution < -0.4 is 10.5 Å². The maximum Gasteiger partial charge on any atom is 0.119 e. The van der Waals surface area contributed by atoms with Crippen molar-refractivity contribution in [1.82, 2.24) is 0 Å². The number of benzene rings is 2. The first kappa shape index (κ1) is 13.8. The van der Waals surface area contributed by atoms with Crippen molar-refractivity contribution in [1.29, 1.82) is 0 Å². The summed E-state index contributed by atoms with van der Waals surface area (Å²) < 4.78 is 5.21. The molecule has 0 aliphatic rings. The minimum Gasteiger partial charge on any atom is -0.497 e. The maximum atomic E-state index is 10.3. The molecule has 3 nitrogen and oxygen atoms in total. The van der Waals surface area contributed by atoms with Gasteiger partial charge in [-0.25, -0.2) is 0 Å². The summed E-state index contributed by atoms with van der Waals surface area (Å²) >= 11 is 0. The molecule has 102 valence electrons. The molecule has 0 radical (unpaired) electrons. The molecule has 0 spiro atoms. The van der Waals surface area contributed by atoms with E-state index < -0.39 is 6.10 Å². The van der Waals surface area contributed by atoms with Crippen molar-refractivity contribution in [3.63, 3.8) is 0 Å². The van der Waals surface area contributed by atoms with Crippen molar-refractivity contribution in [3.8, 4) is 5.75 Å². The van der Waals surface area contributed by atoms with Crippen molar-refractivity contribution in [2.45, 2.75) is 19.4 Å². The standard InChI is InChI=1S/C16H21NO2/c1-3-11(10-17)16(18)14-5-4-13-9-15(19-2)7-6-12(13)8-14/h4-9,11,16,18H,3,10,17H2,1-2H3. The van der Waals surface area contributed by atoms with Gasteiger partial charge < -0.3 is 15.6 Å². The molecule has 3 heteroatoms. The van der Waals surface area contributed by atoms with Crippen LogP contribution in [-0.4, -0.2) is 18.8 Å². The van der Waals surface area contributed by atoms with Crippen LogP contribution in [0.4, 0.5) is 0 Å².